The maximum atomic E-state index is 12.6. The molecule has 3 rings (SSSR count). The summed E-state index contributed by atoms with van der Waals surface area (Å²) in [5, 5.41) is 2.66. The van der Waals surface area contributed by atoms with Crippen LogP contribution in [-0.4, -0.2) is 28.4 Å². The van der Waals surface area contributed by atoms with Gasteiger partial charge < -0.3 is 10.1 Å². The number of anilines is 1. The van der Waals surface area contributed by atoms with Gasteiger partial charge in [0.25, 0.3) is 11.5 Å². The highest BCUT2D eigenvalue weighted by molar-refractivity contribution is 6.05. The lowest BCUT2D eigenvalue weighted by atomic mass is 10.1. The Morgan fingerprint density at radius 2 is 1.92 bits per heavy atom. The van der Waals surface area contributed by atoms with Crippen molar-refractivity contribution < 1.29 is 14.3 Å². The number of carbonyl (C=O) groups is 2. The number of nitrogens with one attached hydrogen (secondary N) is 1. The van der Waals surface area contributed by atoms with Gasteiger partial charge in [0.1, 0.15) is 11.2 Å². The third-order valence-corrected chi connectivity index (χ3v) is 4.02. The van der Waals surface area contributed by atoms with Crippen LogP contribution >= 0.6 is 0 Å². The first-order chi connectivity index (χ1) is 12.4. The second-order valence-corrected chi connectivity index (χ2v) is 5.88. The maximum Gasteiger partial charge on any atom is 0.337 e. The van der Waals surface area contributed by atoms with Crippen molar-refractivity contribution in [2.24, 2.45) is 0 Å². The third kappa shape index (κ3) is 3.19. The number of aromatic nitrogens is 2. The molecule has 0 bridgehead atoms. The van der Waals surface area contributed by atoms with Crippen molar-refractivity contribution >= 4 is 23.2 Å². The number of rotatable bonds is 3. The zero-order chi connectivity index (χ0) is 18.8. The second kappa shape index (κ2) is 6.79. The molecule has 0 spiro atoms. The van der Waals surface area contributed by atoms with Crippen LogP contribution in [0.4, 0.5) is 5.69 Å². The number of ether oxygens (including phenoxy) is 1. The molecule has 1 amide bonds. The molecule has 0 radical (unpaired) electrons. The van der Waals surface area contributed by atoms with Crippen molar-refractivity contribution in [1.29, 1.82) is 0 Å². The van der Waals surface area contributed by atoms with E-state index in [2.05, 4.69) is 15.0 Å². The predicted octanol–water partition coefficient (Wildman–Crippen LogP) is 2.35. The largest absolute Gasteiger partial charge is 0.465 e. The fourth-order valence-electron chi connectivity index (χ4n) is 2.52. The molecule has 0 saturated heterocycles. The molecule has 7 nitrogen and oxygen atoms in total. The number of hydrogen-bond acceptors (Lipinski definition) is 5. The Hall–Kier alpha value is -3.48. The van der Waals surface area contributed by atoms with Gasteiger partial charge in [0.05, 0.1) is 12.7 Å². The van der Waals surface area contributed by atoms with Crippen LogP contribution < -0.4 is 10.9 Å². The molecule has 1 N–H and O–H groups in total. The Kier molecular flexibility index (Phi) is 4.53. The molecule has 132 valence electrons. The summed E-state index contributed by atoms with van der Waals surface area (Å²) in [6.45, 7) is 3.68. The number of methoxy groups -OCH3 is 1. The highest BCUT2D eigenvalue weighted by Gasteiger charge is 2.16. The minimum atomic E-state index is -0.595. The summed E-state index contributed by atoms with van der Waals surface area (Å²) in [6, 6.07) is 8.32. The van der Waals surface area contributed by atoms with Gasteiger partial charge in [-0.25, -0.2) is 9.78 Å². The standard InChI is InChI=1S/C19H17N3O4/c1-11-6-7-22-16(8-11)20-10-14(18(22)24)17(23)21-15-9-13(19(25)26-3)5-4-12(15)2/h4-10H,1-3H3,(H,21,23). The van der Waals surface area contributed by atoms with Crippen molar-refractivity contribution in [3.05, 3.63) is 75.3 Å². The van der Waals surface area contributed by atoms with Gasteiger partial charge in [0.2, 0.25) is 0 Å². The Balaban J connectivity index is 1.97. The van der Waals surface area contributed by atoms with Crippen LogP contribution in [0.25, 0.3) is 5.65 Å². The van der Waals surface area contributed by atoms with Gasteiger partial charge >= 0.3 is 5.97 Å². The fraction of sp³-hybridized carbons (Fsp3) is 0.158. The van der Waals surface area contributed by atoms with E-state index in [-0.39, 0.29) is 5.56 Å². The normalized spacial score (nSPS) is 10.6. The topological polar surface area (TPSA) is 89.8 Å². The Morgan fingerprint density at radius 3 is 2.65 bits per heavy atom. The van der Waals surface area contributed by atoms with Crippen molar-refractivity contribution in [3.63, 3.8) is 0 Å². The molecule has 2 heterocycles. The molecule has 0 aliphatic carbocycles. The number of nitrogens with zero attached hydrogens (tertiary/aromatic N) is 2. The van der Waals surface area contributed by atoms with Gasteiger partial charge in [-0.15, -0.1) is 0 Å². The van der Waals surface area contributed by atoms with Crippen LogP contribution in [0.2, 0.25) is 0 Å². The van der Waals surface area contributed by atoms with Crippen LogP contribution in [0.15, 0.2) is 47.5 Å². The van der Waals surface area contributed by atoms with E-state index in [4.69, 9.17) is 0 Å². The summed E-state index contributed by atoms with van der Waals surface area (Å²) in [5.74, 6) is -1.11. The maximum absolute atomic E-state index is 12.6. The second-order valence-electron chi connectivity index (χ2n) is 5.88. The van der Waals surface area contributed by atoms with Gasteiger partial charge in [0, 0.05) is 18.1 Å². The molecular weight excluding hydrogens is 334 g/mol. The Morgan fingerprint density at radius 1 is 1.15 bits per heavy atom. The molecule has 0 atom stereocenters. The molecule has 2 aromatic heterocycles. The minimum absolute atomic E-state index is 0.0887. The smallest absolute Gasteiger partial charge is 0.337 e. The van der Waals surface area contributed by atoms with Gasteiger partial charge in [-0.1, -0.05) is 6.07 Å². The van der Waals surface area contributed by atoms with Crippen LogP contribution in [0.3, 0.4) is 0 Å². The lowest BCUT2D eigenvalue weighted by molar-refractivity contribution is 0.0600. The molecular formula is C19H17N3O4. The zero-order valence-electron chi connectivity index (χ0n) is 14.6. The van der Waals surface area contributed by atoms with E-state index in [1.807, 2.05) is 6.92 Å². The van der Waals surface area contributed by atoms with E-state index in [1.165, 1.54) is 23.8 Å². The number of amides is 1. The van der Waals surface area contributed by atoms with E-state index in [0.29, 0.717) is 16.9 Å². The number of esters is 1. The molecule has 26 heavy (non-hydrogen) atoms. The van der Waals surface area contributed by atoms with Crippen LogP contribution in [-0.2, 0) is 4.74 Å². The van der Waals surface area contributed by atoms with E-state index in [9.17, 15) is 14.4 Å². The molecule has 0 unspecified atom stereocenters. The molecule has 0 aliphatic heterocycles. The van der Waals surface area contributed by atoms with Crippen LogP contribution in [0.5, 0.6) is 0 Å². The van der Waals surface area contributed by atoms with Crippen molar-refractivity contribution in [1.82, 2.24) is 9.38 Å². The molecule has 7 heteroatoms. The number of carbonyl (C=O) groups excluding carboxylic acids is 2. The Labute approximate surface area is 149 Å². The monoisotopic (exact) mass is 351 g/mol. The van der Waals surface area contributed by atoms with Gasteiger partial charge in [-0.05, 0) is 49.2 Å². The SMILES string of the molecule is COC(=O)c1ccc(C)c(NC(=O)c2cnc3cc(C)ccn3c2=O)c1. The van der Waals surface area contributed by atoms with Gasteiger partial charge in [-0.2, -0.15) is 0 Å². The summed E-state index contributed by atoms with van der Waals surface area (Å²) >= 11 is 0. The Bertz CT molecular complexity index is 1090. The first kappa shape index (κ1) is 17.3. The lowest BCUT2D eigenvalue weighted by Gasteiger charge is -2.10. The van der Waals surface area contributed by atoms with Crippen molar-refractivity contribution in [2.75, 3.05) is 12.4 Å². The summed E-state index contributed by atoms with van der Waals surface area (Å²) in [6.07, 6.45) is 2.84. The minimum Gasteiger partial charge on any atom is -0.465 e. The average molecular weight is 351 g/mol. The fourth-order valence-corrected chi connectivity index (χ4v) is 2.52. The van der Waals surface area contributed by atoms with Gasteiger partial charge in [0.15, 0.2) is 0 Å². The van der Waals surface area contributed by atoms with E-state index in [1.54, 1.807) is 37.4 Å². The third-order valence-electron chi connectivity index (χ3n) is 4.02. The average Bonchev–Trinajstić information content (AvgIpc) is 2.62. The summed E-state index contributed by atoms with van der Waals surface area (Å²) in [4.78, 5) is 41.0. The predicted molar refractivity (Wildman–Crippen MR) is 96.7 cm³/mol. The first-order valence-corrected chi connectivity index (χ1v) is 7.89. The summed E-state index contributed by atoms with van der Waals surface area (Å²) < 4.78 is 6.00. The summed E-state index contributed by atoms with van der Waals surface area (Å²) in [5.41, 5.74) is 2.35. The molecule has 3 aromatic rings. The molecule has 0 fully saturated rings. The quantitative estimate of drug-likeness (QED) is 0.732. The zero-order valence-corrected chi connectivity index (χ0v) is 14.6. The highest BCUT2D eigenvalue weighted by Crippen LogP contribution is 2.18. The lowest BCUT2D eigenvalue weighted by Crippen LogP contribution is -2.27. The van der Waals surface area contributed by atoms with Crippen molar-refractivity contribution in [3.8, 4) is 0 Å². The number of fused-ring (bicyclic) bond motifs is 1. The number of benzene rings is 1. The van der Waals surface area contributed by atoms with Crippen LogP contribution in [0, 0.1) is 13.8 Å². The highest BCUT2D eigenvalue weighted by atomic mass is 16.5. The number of pyridine rings is 1. The van der Waals surface area contributed by atoms with E-state index in [0.717, 1.165) is 11.1 Å². The van der Waals surface area contributed by atoms with Gasteiger partial charge in [-0.3, -0.25) is 14.0 Å². The molecule has 0 aliphatic rings. The molecule has 1 aromatic carbocycles. The number of aryl methyl sites for hydroxylation is 2. The van der Waals surface area contributed by atoms with Crippen LogP contribution in [0.1, 0.15) is 31.8 Å². The number of hydrogen-bond donors (Lipinski definition) is 1. The van der Waals surface area contributed by atoms with E-state index >= 15 is 0 Å². The van der Waals surface area contributed by atoms with E-state index < -0.39 is 17.4 Å². The molecule has 0 saturated carbocycles. The first-order valence-electron chi connectivity index (χ1n) is 7.89. The van der Waals surface area contributed by atoms with Crippen molar-refractivity contribution in [2.45, 2.75) is 13.8 Å². The summed E-state index contributed by atoms with van der Waals surface area (Å²) in [7, 11) is 1.28.